The third-order valence-corrected chi connectivity index (χ3v) is 3.90. The third-order valence-electron chi connectivity index (χ3n) is 2.63. The van der Waals surface area contributed by atoms with E-state index in [1.165, 1.54) is 0 Å². The highest BCUT2D eigenvalue weighted by Gasteiger charge is 2.21. The van der Waals surface area contributed by atoms with Crippen molar-refractivity contribution in [3.63, 3.8) is 0 Å². The molecule has 0 spiro atoms. The molecule has 1 saturated heterocycles. The number of aliphatic carboxylic acids is 1. The third kappa shape index (κ3) is 5.16. The van der Waals surface area contributed by atoms with Gasteiger partial charge in [0.15, 0.2) is 0 Å². The molecule has 2 amide bonds. The summed E-state index contributed by atoms with van der Waals surface area (Å²) in [6, 6.07) is -0.356. The van der Waals surface area contributed by atoms with Crippen molar-refractivity contribution in [2.24, 2.45) is 0 Å². The van der Waals surface area contributed by atoms with Gasteiger partial charge in [-0.1, -0.05) is 0 Å². The van der Waals surface area contributed by atoms with Crippen LogP contribution in [0.3, 0.4) is 0 Å². The Balaban J connectivity index is 2.28. The zero-order valence-corrected chi connectivity index (χ0v) is 10.7. The van der Waals surface area contributed by atoms with Crippen molar-refractivity contribution in [1.82, 2.24) is 10.2 Å². The smallest absolute Gasteiger partial charge is 0.317 e. The van der Waals surface area contributed by atoms with Crippen LogP contribution in [0.1, 0.15) is 19.8 Å². The fourth-order valence-corrected chi connectivity index (χ4v) is 2.61. The molecule has 0 saturated carbocycles. The van der Waals surface area contributed by atoms with Gasteiger partial charge in [-0.25, -0.2) is 4.79 Å². The number of rotatable bonds is 4. The maximum Gasteiger partial charge on any atom is 0.317 e. The molecule has 1 heterocycles. The Morgan fingerprint density at radius 3 is 2.53 bits per heavy atom. The minimum Gasteiger partial charge on any atom is -0.481 e. The van der Waals surface area contributed by atoms with Crippen LogP contribution >= 0.6 is 0 Å². The minimum atomic E-state index is -0.862. The first-order valence-corrected chi connectivity index (χ1v) is 7.10. The van der Waals surface area contributed by atoms with E-state index in [9.17, 15) is 13.8 Å². The summed E-state index contributed by atoms with van der Waals surface area (Å²) < 4.78 is 11.1. The number of urea groups is 1. The highest BCUT2D eigenvalue weighted by molar-refractivity contribution is 7.85. The molecular weight excluding hydrogens is 244 g/mol. The molecule has 0 bridgehead atoms. The summed E-state index contributed by atoms with van der Waals surface area (Å²) in [6.45, 7) is 2.79. The molecule has 0 aromatic rings. The standard InChI is InChI=1S/C10H18N2O4S/c1-8(2-3-9(13)14)11-10(15)12-4-6-17(16)7-5-12/h8H,2-7H2,1H3,(H,11,15)(H,13,14). The van der Waals surface area contributed by atoms with Crippen LogP contribution in [-0.4, -0.2) is 56.9 Å². The van der Waals surface area contributed by atoms with E-state index >= 15 is 0 Å². The summed E-state index contributed by atoms with van der Waals surface area (Å²) in [5.41, 5.74) is 0. The first-order chi connectivity index (χ1) is 7.99. The quantitative estimate of drug-likeness (QED) is 0.747. The number of hydrogen-bond donors (Lipinski definition) is 2. The molecular formula is C10H18N2O4S. The van der Waals surface area contributed by atoms with E-state index in [1.807, 2.05) is 0 Å². The van der Waals surface area contributed by atoms with Gasteiger partial charge in [0.25, 0.3) is 0 Å². The van der Waals surface area contributed by atoms with Crippen molar-refractivity contribution in [3.05, 3.63) is 0 Å². The molecule has 0 aromatic heterocycles. The van der Waals surface area contributed by atoms with Crippen LogP contribution < -0.4 is 5.32 Å². The van der Waals surface area contributed by atoms with Gasteiger partial charge in [0.1, 0.15) is 0 Å². The number of amides is 2. The first-order valence-electron chi connectivity index (χ1n) is 5.61. The number of carbonyl (C=O) groups is 2. The fourth-order valence-electron chi connectivity index (χ4n) is 1.56. The number of carboxylic acids is 1. The lowest BCUT2D eigenvalue weighted by molar-refractivity contribution is -0.137. The Morgan fingerprint density at radius 1 is 1.41 bits per heavy atom. The molecule has 1 unspecified atom stereocenters. The molecule has 98 valence electrons. The van der Waals surface area contributed by atoms with E-state index in [0.717, 1.165) is 0 Å². The van der Waals surface area contributed by atoms with Gasteiger partial charge in [0.05, 0.1) is 0 Å². The van der Waals surface area contributed by atoms with Gasteiger partial charge in [-0.05, 0) is 13.3 Å². The summed E-state index contributed by atoms with van der Waals surface area (Å²) in [4.78, 5) is 23.7. The predicted octanol–water partition coefficient (Wildman–Crippen LogP) is 0.0136. The van der Waals surface area contributed by atoms with Gasteiger partial charge in [-0.3, -0.25) is 9.00 Å². The SMILES string of the molecule is CC(CCC(=O)O)NC(=O)N1CCS(=O)CC1. The number of hydrogen-bond acceptors (Lipinski definition) is 3. The summed E-state index contributed by atoms with van der Waals surface area (Å²) in [5.74, 6) is 0.188. The van der Waals surface area contributed by atoms with Gasteiger partial charge >= 0.3 is 12.0 Å². The van der Waals surface area contributed by atoms with Gasteiger partial charge in [-0.15, -0.1) is 0 Å². The van der Waals surface area contributed by atoms with Crippen molar-refractivity contribution >= 4 is 22.8 Å². The van der Waals surface area contributed by atoms with E-state index < -0.39 is 16.8 Å². The lowest BCUT2D eigenvalue weighted by Crippen LogP contribution is -2.49. The van der Waals surface area contributed by atoms with Crippen LogP contribution in [0, 0.1) is 0 Å². The number of carboxylic acid groups (broad SMARTS) is 1. The van der Waals surface area contributed by atoms with E-state index in [4.69, 9.17) is 5.11 Å². The average molecular weight is 262 g/mol. The largest absolute Gasteiger partial charge is 0.481 e. The number of nitrogens with zero attached hydrogens (tertiary/aromatic N) is 1. The highest BCUT2D eigenvalue weighted by Crippen LogP contribution is 2.02. The van der Waals surface area contributed by atoms with Gasteiger partial charge in [-0.2, -0.15) is 0 Å². The van der Waals surface area contributed by atoms with E-state index in [0.29, 0.717) is 31.0 Å². The second-order valence-corrected chi connectivity index (χ2v) is 5.81. The molecule has 1 atom stereocenters. The zero-order chi connectivity index (χ0) is 12.8. The first kappa shape index (κ1) is 14.0. The van der Waals surface area contributed by atoms with Crippen LogP contribution in [0.2, 0.25) is 0 Å². The topological polar surface area (TPSA) is 86.7 Å². The predicted molar refractivity (Wildman–Crippen MR) is 64.3 cm³/mol. The van der Waals surface area contributed by atoms with E-state index in [1.54, 1.807) is 11.8 Å². The van der Waals surface area contributed by atoms with Crippen molar-refractivity contribution in [2.75, 3.05) is 24.6 Å². The minimum absolute atomic E-state index is 0.0471. The summed E-state index contributed by atoms with van der Waals surface area (Å²) in [5, 5.41) is 11.3. The fraction of sp³-hybridized carbons (Fsp3) is 0.800. The second-order valence-electron chi connectivity index (χ2n) is 4.12. The summed E-state index contributed by atoms with van der Waals surface area (Å²) >= 11 is 0. The molecule has 1 aliphatic rings. The molecule has 1 aliphatic heterocycles. The summed E-state index contributed by atoms with van der Waals surface area (Å²) in [7, 11) is -0.799. The van der Waals surface area contributed by atoms with E-state index in [2.05, 4.69) is 5.32 Å². The molecule has 0 radical (unpaired) electrons. The summed E-state index contributed by atoms with van der Waals surface area (Å²) in [6.07, 6.45) is 0.465. The average Bonchev–Trinajstić information content (AvgIpc) is 2.27. The zero-order valence-electron chi connectivity index (χ0n) is 9.85. The van der Waals surface area contributed by atoms with Crippen LogP contribution in [0.4, 0.5) is 4.79 Å². The lowest BCUT2D eigenvalue weighted by atomic mass is 10.2. The Kier molecular flexibility index (Phi) is 5.40. The second kappa shape index (κ2) is 6.58. The molecule has 1 rings (SSSR count). The molecule has 7 heteroatoms. The van der Waals surface area contributed by atoms with Crippen LogP contribution in [0.15, 0.2) is 0 Å². The van der Waals surface area contributed by atoms with Crippen molar-refractivity contribution in [2.45, 2.75) is 25.8 Å². The van der Waals surface area contributed by atoms with Crippen LogP contribution in [-0.2, 0) is 15.6 Å². The van der Waals surface area contributed by atoms with Crippen LogP contribution in [0.5, 0.6) is 0 Å². The Hall–Kier alpha value is -1.11. The lowest BCUT2D eigenvalue weighted by Gasteiger charge is -2.28. The Bertz CT molecular complexity index is 311. The maximum absolute atomic E-state index is 11.7. The van der Waals surface area contributed by atoms with Crippen molar-refractivity contribution in [3.8, 4) is 0 Å². The molecule has 0 aliphatic carbocycles. The number of nitrogens with one attached hydrogen (secondary N) is 1. The van der Waals surface area contributed by atoms with E-state index in [-0.39, 0.29) is 18.5 Å². The van der Waals surface area contributed by atoms with Gasteiger partial charge < -0.3 is 15.3 Å². The molecule has 17 heavy (non-hydrogen) atoms. The Morgan fingerprint density at radius 2 is 2.00 bits per heavy atom. The Labute approximate surface area is 103 Å². The molecule has 0 aromatic carbocycles. The monoisotopic (exact) mass is 262 g/mol. The highest BCUT2D eigenvalue weighted by atomic mass is 32.2. The van der Waals surface area contributed by atoms with Gasteiger partial charge in [0.2, 0.25) is 0 Å². The van der Waals surface area contributed by atoms with Gasteiger partial charge in [0, 0.05) is 47.9 Å². The molecule has 2 N–H and O–H groups in total. The van der Waals surface area contributed by atoms with Crippen molar-refractivity contribution < 1.29 is 18.9 Å². The molecule has 1 fully saturated rings. The maximum atomic E-state index is 11.7. The normalized spacial score (nSPS) is 18.8. The van der Waals surface area contributed by atoms with Crippen molar-refractivity contribution in [1.29, 1.82) is 0 Å². The molecule has 6 nitrogen and oxygen atoms in total. The van der Waals surface area contributed by atoms with Crippen LogP contribution in [0.25, 0.3) is 0 Å². The number of carbonyl (C=O) groups excluding carboxylic acids is 1.